The van der Waals surface area contributed by atoms with Gasteiger partial charge in [-0.05, 0) is 18.1 Å². The second kappa shape index (κ2) is 6.26. The Hall–Kier alpha value is -1.99. The summed E-state index contributed by atoms with van der Waals surface area (Å²) in [6.07, 6.45) is -7.17. The van der Waals surface area contributed by atoms with Crippen LogP contribution >= 0.6 is 0 Å². The highest BCUT2D eigenvalue weighted by atomic mass is 32.2. The van der Waals surface area contributed by atoms with Crippen LogP contribution in [0.2, 0.25) is 0 Å². The van der Waals surface area contributed by atoms with E-state index in [0.29, 0.717) is 6.07 Å². The van der Waals surface area contributed by atoms with E-state index >= 15 is 0 Å². The molecule has 4 nitrogen and oxygen atoms in total. The summed E-state index contributed by atoms with van der Waals surface area (Å²) in [5, 5.41) is -6.99. The number of halogens is 9. The average Bonchev–Trinajstić information content (AvgIpc) is 2.81. The van der Waals surface area contributed by atoms with E-state index in [2.05, 4.69) is 4.18 Å². The van der Waals surface area contributed by atoms with Gasteiger partial charge in [0.15, 0.2) is 11.5 Å². The molecule has 158 valence electrons. The van der Waals surface area contributed by atoms with Crippen molar-refractivity contribution in [2.45, 2.75) is 36.6 Å². The van der Waals surface area contributed by atoms with E-state index in [0.717, 1.165) is 6.07 Å². The molecule has 1 aliphatic rings. The molecule has 0 aliphatic heterocycles. The van der Waals surface area contributed by atoms with Gasteiger partial charge in [-0.2, -0.15) is 47.9 Å². The van der Waals surface area contributed by atoms with Gasteiger partial charge in [-0.25, -0.2) is 0 Å². The third kappa shape index (κ3) is 3.01. The van der Waals surface area contributed by atoms with Crippen LogP contribution in [0, 0.1) is 5.92 Å². The summed E-state index contributed by atoms with van der Waals surface area (Å²) in [5.74, 6) is -17.6. The molecule has 0 saturated carbocycles. The molecule has 28 heavy (non-hydrogen) atoms. The number of rotatable bonds is 5. The van der Waals surface area contributed by atoms with Crippen LogP contribution in [0.15, 0.2) is 18.2 Å². The Balaban J connectivity index is 2.52. The number of alkyl halides is 9. The Kier molecular flexibility index (Phi) is 4.98. The Morgan fingerprint density at radius 1 is 0.964 bits per heavy atom. The smallest absolute Gasteiger partial charge is 0.377 e. The van der Waals surface area contributed by atoms with E-state index < -0.39 is 56.4 Å². The fourth-order valence-corrected chi connectivity index (χ4v) is 3.38. The standard InChI is InChI=1S/C14H9F9O4S/c1-6-5-7-3-2-4-8(9(7)10(6)24)27-28(25,26)14(22,23)12(17,18)11(15,16)13(19,20)21/h2-4,6H,5H2,1H3. The molecule has 0 amide bonds. The summed E-state index contributed by atoms with van der Waals surface area (Å²) in [4.78, 5) is 12.0. The minimum atomic E-state index is -7.41. The SMILES string of the molecule is CC1Cc2cccc(OS(=O)(=O)C(F)(F)C(F)(F)C(F)(F)C(F)(F)F)c2C1=O. The molecule has 0 fully saturated rings. The van der Waals surface area contributed by atoms with Crippen LogP contribution in [0.3, 0.4) is 0 Å². The van der Waals surface area contributed by atoms with E-state index in [-0.39, 0.29) is 12.0 Å². The van der Waals surface area contributed by atoms with Gasteiger partial charge < -0.3 is 4.18 Å². The van der Waals surface area contributed by atoms with E-state index in [1.807, 2.05) is 0 Å². The summed E-state index contributed by atoms with van der Waals surface area (Å²) in [5.41, 5.74) is -0.471. The zero-order chi connectivity index (χ0) is 21.9. The average molecular weight is 444 g/mol. The third-order valence-electron chi connectivity index (χ3n) is 3.96. The molecule has 1 aliphatic carbocycles. The predicted octanol–water partition coefficient (Wildman–Crippen LogP) is 4.20. The van der Waals surface area contributed by atoms with Gasteiger partial charge in [0.1, 0.15) is 0 Å². The van der Waals surface area contributed by atoms with Crippen LogP contribution in [0.5, 0.6) is 5.75 Å². The summed E-state index contributed by atoms with van der Waals surface area (Å²) in [6.45, 7) is 1.37. The number of hydrogen-bond acceptors (Lipinski definition) is 4. The summed E-state index contributed by atoms with van der Waals surface area (Å²) in [6, 6.07) is 2.86. The monoisotopic (exact) mass is 444 g/mol. The van der Waals surface area contributed by atoms with Crippen molar-refractivity contribution in [3.63, 3.8) is 0 Å². The Morgan fingerprint density at radius 2 is 1.50 bits per heavy atom. The lowest BCUT2D eigenvalue weighted by Crippen LogP contribution is -2.63. The summed E-state index contributed by atoms with van der Waals surface area (Å²) in [7, 11) is -7.09. The molecule has 0 heterocycles. The van der Waals surface area contributed by atoms with Gasteiger partial charge in [0, 0.05) is 5.92 Å². The maximum absolute atomic E-state index is 13.7. The van der Waals surface area contributed by atoms with E-state index in [1.165, 1.54) is 13.0 Å². The molecule has 1 atom stereocenters. The van der Waals surface area contributed by atoms with E-state index in [9.17, 15) is 52.7 Å². The topological polar surface area (TPSA) is 60.4 Å². The molecule has 0 spiro atoms. The first-order valence-electron chi connectivity index (χ1n) is 7.19. The van der Waals surface area contributed by atoms with Crippen molar-refractivity contribution in [2.75, 3.05) is 0 Å². The highest BCUT2D eigenvalue weighted by Gasteiger charge is 2.86. The zero-order valence-corrected chi connectivity index (χ0v) is 14.3. The number of benzene rings is 1. The van der Waals surface area contributed by atoms with Gasteiger partial charge in [-0.3, -0.25) is 4.79 Å². The maximum atomic E-state index is 13.7. The molecular formula is C14H9F9O4S. The van der Waals surface area contributed by atoms with Gasteiger partial charge >= 0.3 is 33.4 Å². The van der Waals surface area contributed by atoms with Gasteiger partial charge in [-0.1, -0.05) is 19.1 Å². The lowest BCUT2D eigenvalue weighted by molar-refractivity contribution is -0.382. The molecule has 1 aromatic carbocycles. The van der Waals surface area contributed by atoms with Gasteiger partial charge in [0.05, 0.1) is 5.56 Å². The van der Waals surface area contributed by atoms with Gasteiger partial charge in [0.25, 0.3) is 0 Å². The number of carbonyl (C=O) groups is 1. The maximum Gasteiger partial charge on any atom is 0.460 e. The lowest BCUT2D eigenvalue weighted by atomic mass is 10.1. The molecule has 0 bridgehead atoms. The van der Waals surface area contributed by atoms with Crippen LogP contribution < -0.4 is 4.18 Å². The second-order valence-electron chi connectivity index (χ2n) is 5.96. The third-order valence-corrected chi connectivity index (χ3v) is 5.25. The van der Waals surface area contributed by atoms with Crippen molar-refractivity contribution in [3.05, 3.63) is 29.3 Å². The van der Waals surface area contributed by atoms with E-state index in [4.69, 9.17) is 0 Å². The first-order valence-corrected chi connectivity index (χ1v) is 8.59. The molecule has 0 aromatic heterocycles. The van der Waals surface area contributed by atoms with Crippen molar-refractivity contribution >= 4 is 15.9 Å². The second-order valence-corrected chi connectivity index (χ2v) is 7.55. The number of Topliss-reactive ketones (excluding diaryl/α,β-unsaturated/α-hetero) is 1. The van der Waals surface area contributed by atoms with Gasteiger partial charge in [0.2, 0.25) is 0 Å². The summed E-state index contributed by atoms with van der Waals surface area (Å²) < 4.78 is 143. The molecule has 0 saturated heterocycles. The molecule has 1 aromatic rings. The van der Waals surface area contributed by atoms with Crippen molar-refractivity contribution in [1.82, 2.24) is 0 Å². The zero-order valence-electron chi connectivity index (χ0n) is 13.5. The van der Waals surface area contributed by atoms with Crippen LogP contribution in [0.4, 0.5) is 39.5 Å². The number of carbonyl (C=O) groups excluding carboxylic acids is 1. The van der Waals surface area contributed by atoms with Crippen molar-refractivity contribution in [2.24, 2.45) is 5.92 Å². The van der Waals surface area contributed by atoms with Gasteiger partial charge in [-0.15, -0.1) is 0 Å². The first kappa shape index (κ1) is 22.3. The van der Waals surface area contributed by atoms with Crippen LogP contribution in [0.1, 0.15) is 22.8 Å². The lowest BCUT2D eigenvalue weighted by Gasteiger charge is -2.32. The first-order chi connectivity index (χ1) is 12.4. The molecule has 2 rings (SSSR count). The molecule has 0 N–H and O–H groups in total. The fraction of sp³-hybridized carbons (Fsp3) is 0.500. The molecule has 0 radical (unpaired) electrons. The minimum Gasteiger partial charge on any atom is -0.377 e. The number of fused-ring (bicyclic) bond motifs is 1. The Bertz CT molecular complexity index is 906. The van der Waals surface area contributed by atoms with Crippen molar-refractivity contribution in [3.8, 4) is 5.75 Å². The van der Waals surface area contributed by atoms with Crippen LogP contribution in [-0.4, -0.2) is 37.5 Å². The van der Waals surface area contributed by atoms with Crippen molar-refractivity contribution < 1.29 is 56.9 Å². The van der Waals surface area contributed by atoms with Crippen LogP contribution in [-0.2, 0) is 16.5 Å². The van der Waals surface area contributed by atoms with Crippen LogP contribution in [0.25, 0.3) is 0 Å². The molecule has 1 unspecified atom stereocenters. The highest BCUT2D eigenvalue weighted by molar-refractivity contribution is 7.88. The number of ketones is 1. The largest absolute Gasteiger partial charge is 0.460 e. The molecular weight excluding hydrogens is 435 g/mol. The van der Waals surface area contributed by atoms with E-state index in [1.54, 1.807) is 0 Å². The predicted molar refractivity (Wildman–Crippen MR) is 74.1 cm³/mol. The van der Waals surface area contributed by atoms with Crippen molar-refractivity contribution in [1.29, 1.82) is 0 Å². The fourth-order valence-electron chi connectivity index (χ4n) is 2.45. The summed E-state index contributed by atoms with van der Waals surface area (Å²) >= 11 is 0. The quantitative estimate of drug-likeness (QED) is 0.505. The number of hydrogen-bond donors (Lipinski definition) is 0. The highest BCUT2D eigenvalue weighted by Crippen LogP contribution is 2.55. The minimum absolute atomic E-state index is 0.0180. The normalized spacial score (nSPS) is 18.9. The Labute approximate surface area is 151 Å². The molecule has 14 heteroatoms. The Morgan fingerprint density at radius 3 is 2.00 bits per heavy atom.